The Morgan fingerprint density at radius 2 is 1.76 bits per heavy atom. The summed E-state index contributed by atoms with van der Waals surface area (Å²) < 4.78 is 1.96. The summed E-state index contributed by atoms with van der Waals surface area (Å²) in [4.78, 5) is 14.6. The van der Waals surface area contributed by atoms with Crippen LogP contribution in [-0.4, -0.2) is 49.5 Å². The number of likely N-dealkylation sites (tertiary alicyclic amines) is 1. The van der Waals surface area contributed by atoms with Crippen molar-refractivity contribution in [3.8, 4) is 22.8 Å². The lowest BCUT2D eigenvalue weighted by molar-refractivity contribution is -0.129. The SMILES string of the molecule is CC1CCN(C(=O)CSc2nnc(-c3ccc(O)cc3)n2-c2ccccc2)CC1. The van der Waals surface area contributed by atoms with Crippen LogP contribution >= 0.6 is 11.8 Å². The number of para-hydroxylation sites is 1. The Labute approximate surface area is 174 Å². The molecule has 0 spiro atoms. The molecule has 1 aliphatic rings. The van der Waals surface area contributed by atoms with Crippen LogP contribution in [0.4, 0.5) is 0 Å². The van der Waals surface area contributed by atoms with Gasteiger partial charge in [0.15, 0.2) is 11.0 Å². The van der Waals surface area contributed by atoms with Crippen molar-refractivity contribution in [3.05, 3.63) is 54.6 Å². The molecule has 1 aromatic heterocycles. The van der Waals surface area contributed by atoms with E-state index in [-0.39, 0.29) is 11.7 Å². The number of aromatic nitrogens is 3. The van der Waals surface area contributed by atoms with Crippen molar-refractivity contribution in [1.29, 1.82) is 0 Å². The van der Waals surface area contributed by atoms with Crippen LogP contribution in [0.2, 0.25) is 0 Å². The number of rotatable bonds is 5. The Balaban J connectivity index is 1.58. The van der Waals surface area contributed by atoms with Gasteiger partial charge in [0.25, 0.3) is 0 Å². The molecule has 1 fully saturated rings. The molecular weight excluding hydrogens is 384 g/mol. The Hall–Kier alpha value is -2.80. The molecule has 0 radical (unpaired) electrons. The number of thioether (sulfide) groups is 1. The zero-order valence-corrected chi connectivity index (χ0v) is 17.2. The third kappa shape index (κ3) is 4.45. The zero-order valence-electron chi connectivity index (χ0n) is 16.4. The number of amides is 1. The van der Waals surface area contributed by atoms with Crippen LogP contribution in [0.1, 0.15) is 19.8 Å². The van der Waals surface area contributed by atoms with Gasteiger partial charge in [-0.15, -0.1) is 10.2 Å². The van der Waals surface area contributed by atoms with Crippen LogP contribution in [-0.2, 0) is 4.79 Å². The molecule has 7 heteroatoms. The van der Waals surface area contributed by atoms with E-state index in [0.29, 0.717) is 22.7 Å². The fraction of sp³-hybridized carbons (Fsp3) is 0.318. The minimum Gasteiger partial charge on any atom is -0.508 e. The van der Waals surface area contributed by atoms with Crippen LogP contribution < -0.4 is 0 Å². The molecule has 0 atom stereocenters. The van der Waals surface area contributed by atoms with Gasteiger partial charge in [-0.3, -0.25) is 9.36 Å². The molecule has 0 aliphatic carbocycles. The molecule has 29 heavy (non-hydrogen) atoms. The van der Waals surface area contributed by atoms with Crippen LogP contribution in [0.5, 0.6) is 5.75 Å². The molecule has 4 rings (SSSR count). The molecule has 150 valence electrons. The van der Waals surface area contributed by atoms with Crippen molar-refractivity contribution in [1.82, 2.24) is 19.7 Å². The number of aromatic hydroxyl groups is 1. The van der Waals surface area contributed by atoms with E-state index in [1.165, 1.54) is 11.8 Å². The van der Waals surface area contributed by atoms with E-state index in [1.807, 2.05) is 51.9 Å². The average molecular weight is 409 g/mol. The monoisotopic (exact) mass is 408 g/mol. The van der Waals surface area contributed by atoms with Gasteiger partial charge in [0.05, 0.1) is 5.75 Å². The van der Waals surface area contributed by atoms with E-state index in [9.17, 15) is 9.90 Å². The van der Waals surface area contributed by atoms with Gasteiger partial charge in [0.1, 0.15) is 5.75 Å². The molecule has 3 aromatic rings. The largest absolute Gasteiger partial charge is 0.508 e. The number of benzene rings is 2. The second-order valence-electron chi connectivity index (χ2n) is 7.38. The number of hydrogen-bond donors (Lipinski definition) is 1. The van der Waals surface area contributed by atoms with E-state index in [2.05, 4.69) is 17.1 Å². The van der Waals surface area contributed by atoms with Gasteiger partial charge in [0.2, 0.25) is 5.91 Å². The van der Waals surface area contributed by atoms with E-state index < -0.39 is 0 Å². The maximum absolute atomic E-state index is 12.7. The van der Waals surface area contributed by atoms with Crippen LogP contribution in [0.15, 0.2) is 59.8 Å². The molecular formula is C22H24N4O2S. The first-order chi connectivity index (χ1) is 14.1. The summed E-state index contributed by atoms with van der Waals surface area (Å²) in [6, 6.07) is 16.8. The summed E-state index contributed by atoms with van der Waals surface area (Å²) >= 11 is 1.41. The molecule has 1 saturated heterocycles. The lowest BCUT2D eigenvalue weighted by atomic mass is 9.99. The minimum atomic E-state index is 0.149. The standard InChI is InChI=1S/C22H24N4O2S/c1-16-11-13-25(14-12-16)20(28)15-29-22-24-23-21(17-7-9-19(27)10-8-17)26(22)18-5-3-2-4-6-18/h2-10,16,27H,11-15H2,1H3. The topological polar surface area (TPSA) is 71.2 Å². The predicted molar refractivity (Wildman–Crippen MR) is 114 cm³/mol. The first kappa shape index (κ1) is 19.5. The van der Waals surface area contributed by atoms with Gasteiger partial charge in [-0.2, -0.15) is 0 Å². The third-order valence-corrected chi connectivity index (χ3v) is 6.15. The van der Waals surface area contributed by atoms with Crippen LogP contribution in [0, 0.1) is 5.92 Å². The maximum atomic E-state index is 12.7. The fourth-order valence-electron chi connectivity index (χ4n) is 3.45. The zero-order chi connectivity index (χ0) is 20.2. The van der Waals surface area contributed by atoms with Crippen LogP contribution in [0.25, 0.3) is 17.1 Å². The molecule has 0 saturated carbocycles. The van der Waals surface area contributed by atoms with Gasteiger partial charge < -0.3 is 10.0 Å². The lowest BCUT2D eigenvalue weighted by Crippen LogP contribution is -2.38. The molecule has 1 N–H and O–H groups in total. The lowest BCUT2D eigenvalue weighted by Gasteiger charge is -2.30. The minimum absolute atomic E-state index is 0.149. The average Bonchev–Trinajstić information content (AvgIpc) is 3.17. The third-order valence-electron chi connectivity index (χ3n) is 5.23. The van der Waals surface area contributed by atoms with Gasteiger partial charge in [0, 0.05) is 24.3 Å². The number of nitrogens with zero attached hydrogens (tertiary/aromatic N) is 4. The van der Waals surface area contributed by atoms with E-state index in [0.717, 1.165) is 37.2 Å². The Morgan fingerprint density at radius 3 is 2.45 bits per heavy atom. The van der Waals surface area contributed by atoms with Crippen molar-refractivity contribution in [2.45, 2.75) is 24.9 Å². The van der Waals surface area contributed by atoms with Crippen molar-refractivity contribution in [2.75, 3.05) is 18.8 Å². The highest BCUT2D eigenvalue weighted by molar-refractivity contribution is 7.99. The van der Waals surface area contributed by atoms with Gasteiger partial charge in [-0.25, -0.2) is 0 Å². The molecule has 0 bridgehead atoms. The summed E-state index contributed by atoms with van der Waals surface area (Å²) in [5.74, 6) is 2.07. The highest BCUT2D eigenvalue weighted by atomic mass is 32.2. The summed E-state index contributed by atoms with van der Waals surface area (Å²) in [5.41, 5.74) is 1.78. The van der Waals surface area contributed by atoms with Crippen molar-refractivity contribution < 1.29 is 9.90 Å². The summed E-state index contributed by atoms with van der Waals surface area (Å²) in [5, 5.41) is 19.0. The van der Waals surface area contributed by atoms with Crippen LogP contribution in [0.3, 0.4) is 0 Å². The molecule has 2 heterocycles. The van der Waals surface area contributed by atoms with Crippen molar-refractivity contribution in [2.24, 2.45) is 5.92 Å². The maximum Gasteiger partial charge on any atom is 0.233 e. The van der Waals surface area contributed by atoms with Gasteiger partial charge in [-0.05, 0) is 55.2 Å². The number of carbonyl (C=O) groups excluding carboxylic acids is 1. The number of hydrogen-bond acceptors (Lipinski definition) is 5. The molecule has 0 unspecified atom stereocenters. The number of phenols is 1. The fourth-order valence-corrected chi connectivity index (χ4v) is 4.30. The molecule has 6 nitrogen and oxygen atoms in total. The summed E-state index contributed by atoms with van der Waals surface area (Å²) in [7, 11) is 0. The first-order valence-electron chi connectivity index (χ1n) is 9.82. The second-order valence-corrected chi connectivity index (χ2v) is 8.32. The Kier molecular flexibility index (Phi) is 5.85. The number of piperidine rings is 1. The normalized spacial score (nSPS) is 14.9. The predicted octanol–water partition coefficient (Wildman–Crippen LogP) is 3.99. The quantitative estimate of drug-likeness (QED) is 0.647. The van der Waals surface area contributed by atoms with Crippen molar-refractivity contribution in [3.63, 3.8) is 0 Å². The number of phenolic OH excluding ortho intramolecular Hbond substituents is 1. The molecule has 1 amide bonds. The van der Waals surface area contributed by atoms with Crippen molar-refractivity contribution >= 4 is 17.7 Å². The smallest absolute Gasteiger partial charge is 0.233 e. The first-order valence-corrected chi connectivity index (χ1v) is 10.8. The molecule has 1 aliphatic heterocycles. The highest BCUT2D eigenvalue weighted by Crippen LogP contribution is 2.29. The van der Waals surface area contributed by atoms with E-state index in [4.69, 9.17) is 0 Å². The van der Waals surface area contributed by atoms with Gasteiger partial charge >= 0.3 is 0 Å². The summed E-state index contributed by atoms with van der Waals surface area (Å²) in [6.07, 6.45) is 2.14. The number of carbonyl (C=O) groups is 1. The Bertz CT molecular complexity index is 964. The molecule has 2 aromatic carbocycles. The highest BCUT2D eigenvalue weighted by Gasteiger charge is 2.22. The summed E-state index contributed by atoms with van der Waals surface area (Å²) in [6.45, 7) is 3.92. The Morgan fingerprint density at radius 1 is 1.07 bits per heavy atom. The van der Waals surface area contributed by atoms with E-state index in [1.54, 1.807) is 12.1 Å². The van der Waals surface area contributed by atoms with Gasteiger partial charge in [-0.1, -0.05) is 36.9 Å². The second kappa shape index (κ2) is 8.69. The van der Waals surface area contributed by atoms with E-state index >= 15 is 0 Å².